The largest absolute Gasteiger partial charge is 0.466 e. The highest BCUT2D eigenvalue weighted by atomic mass is 79.9. The number of benzene rings is 1. The number of nitrogens with one attached hydrogen (secondary N) is 1. The molecule has 1 N–H and O–H groups in total. The Kier molecular flexibility index (Phi) is 6.08. The minimum atomic E-state index is -0.298. The first kappa shape index (κ1) is 20.5. The van der Waals surface area contributed by atoms with E-state index in [1.54, 1.807) is 11.8 Å². The van der Waals surface area contributed by atoms with Gasteiger partial charge in [-0.15, -0.1) is 0 Å². The van der Waals surface area contributed by atoms with Gasteiger partial charge in [-0.3, -0.25) is 4.79 Å². The second-order valence-corrected chi connectivity index (χ2v) is 8.01. The summed E-state index contributed by atoms with van der Waals surface area (Å²) < 4.78 is 8.02. The van der Waals surface area contributed by atoms with E-state index in [0.29, 0.717) is 32.8 Å². The van der Waals surface area contributed by atoms with Crippen molar-refractivity contribution >= 4 is 50.3 Å². The van der Waals surface area contributed by atoms with E-state index in [-0.39, 0.29) is 25.0 Å². The van der Waals surface area contributed by atoms with E-state index in [1.807, 2.05) is 24.4 Å². The predicted octanol–water partition coefficient (Wildman–Crippen LogP) is 3.03. The molecule has 2 aromatic heterocycles. The Morgan fingerprint density at radius 1 is 1.17 bits per heavy atom. The van der Waals surface area contributed by atoms with Crippen molar-refractivity contribution in [2.75, 3.05) is 44.2 Å². The normalized spacial score (nSPS) is 14.3. The summed E-state index contributed by atoms with van der Waals surface area (Å²) in [7, 11) is 0. The van der Waals surface area contributed by atoms with Crippen LogP contribution in [0.1, 0.15) is 13.3 Å². The van der Waals surface area contributed by atoms with Crippen LogP contribution in [-0.2, 0) is 9.53 Å². The van der Waals surface area contributed by atoms with Gasteiger partial charge in [0.1, 0.15) is 0 Å². The molecule has 0 radical (unpaired) electrons. The number of urea groups is 1. The van der Waals surface area contributed by atoms with Crippen molar-refractivity contribution in [1.82, 2.24) is 19.6 Å². The molecule has 3 heterocycles. The molecule has 3 aromatic rings. The molecule has 9 heteroatoms. The molecule has 1 fully saturated rings. The highest BCUT2D eigenvalue weighted by Crippen LogP contribution is 2.27. The van der Waals surface area contributed by atoms with Gasteiger partial charge in [0, 0.05) is 43.4 Å². The number of piperazine rings is 1. The fourth-order valence-electron chi connectivity index (χ4n) is 3.70. The Hall–Kier alpha value is -2.81. The molecule has 0 atom stereocenters. The number of nitrogens with zero attached hydrogens (tertiary/aromatic N) is 4. The molecular weight excluding hydrogens is 450 g/mol. The van der Waals surface area contributed by atoms with Gasteiger partial charge in [-0.05, 0) is 37.3 Å². The summed E-state index contributed by atoms with van der Waals surface area (Å²) in [5.74, 6) is 0.626. The average molecular weight is 474 g/mol. The van der Waals surface area contributed by atoms with Crippen LogP contribution in [0.15, 0.2) is 41.0 Å². The molecule has 0 bridgehead atoms. The van der Waals surface area contributed by atoms with Crippen LogP contribution in [0, 0.1) is 0 Å². The number of anilines is 1. The second-order valence-electron chi connectivity index (χ2n) is 7.09. The molecular formula is C21H24BrN5O3. The molecule has 1 aromatic carbocycles. The summed E-state index contributed by atoms with van der Waals surface area (Å²) in [6, 6.07) is 10.0. The highest BCUT2D eigenvalue weighted by Gasteiger charge is 2.24. The van der Waals surface area contributed by atoms with Crippen molar-refractivity contribution in [1.29, 1.82) is 0 Å². The molecule has 0 unspecified atom stereocenters. The summed E-state index contributed by atoms with van der Waals surface area (Å²) >= 11 is 3.53. The van der Waals surface area contributed by atoms with Gasteiger partial charge in [-0.25, -0.2) is 9.78 Å². The predicted molar refractivity (Wildman–Crippen MR) is 119 cm³/mol. The Labute approximate surface area is 182 Å². The Morgan fingerprint density at radius 3 is 2.73 bits per heavy atom. The number of aromatic nitrogens is 2. The quantitative estimate of drug-likeness (QED) is 0.576. The van der Waals surface area contributed by atoms with Crippen LogP contribution in [0.25, 0.3) is 16.6 Å². The number of hydrogen-bond acceptors (Lipinski definition) is 5. The van der Waals surface area contributed by atoms with Crippen LogP contribution in [0.4, 0.5) is 10.6 Å². The topological polar surface area (TPSA) is 79.2 Å². The minimum Gasteiger partial charge on any atom is -0.466 e. The minimum absolute atomic E-state index is 0.151. The number of hydrogen-bond donors (Lipinski definition) is 1. The monoisotopic (exact) mass is 473 g/mol. The van der Waals surface area contributed by atoms with E-state index < -0.39 is 0 Å². The van der Waals surface area contributed by atoms with E-state index in [9.17, 15) is 9.59 Å². The van der Waals surface area contributed by atoms with Crippen LogP contribution < -0.4 is 10.2 Å². The van der Waals surface area contributed by atoms with Gasteiger partial charge in [0.05, 0.1) is 29.6 Å². The summed E-state index contributed by atoms with van der Waals surface area (Å²) in [6.45, 7) is 4.97. The first-order chi connectivity index (χ1) is 14.6. The van der Waals surface area contributed by atoms with Crippen molar-refractivity contribution in [2.24, 2.45) is 0 Å². The van der Waals surface area contributed by atoms with Crippen LogP contribution in [-0.4, -0.2) is 65.6 Å². The summed E-state index contributed by atoms with van der Waals surface area (Å²) in [5, 5.41) is 2.79. The van der Waals surface area contributed by atoms with Gasteiger partial charge >= 0.3 is 12.0 Å². The Bertz CT molecular complexity index is 1080. The van der Waals surface area contributed by atoms with Crippen LogP contribution in [0.3, 0.4) is 0 Å². The number of rotatable bonds is 5. The highest BCUT2D eigenvalue weighted by molar-refractivity contribution is 9.10. The number of carbonyl (C=O) groups is 2. The Morgan fingerprint density at radius 2 is 1.97 bits per heavy atom. The Balaban J connectivity index is 1.42. The van der Waals surface area contributed by atoms with Crippen molar-refractivity contribution in [2.45, 2.75) is 13.3 Å². The van der Waals surface area contributed by atoms with Crippen LogP contribution in [0.5, 0.6) is 0 Å². The fraction of sp³-hybridized carbons (Fsp3) is 0.381. The van der Waals surface area contributed by atoms with E-state index >= 15 is 0 Å². The molecule has 8 nitrogen and oxygen atoms in total. The number of ether oxygens (including phenoxy) is 1. The number of esters is 1. The van der Waals surface area contributed by atoms with Crippen molar-refractivity contribution in [3.05, 3.63) is 41.0 Å². The van der Waals surface area contributed by atoms with Crippen LogP contribution in [0.2, 0.25) is 0 Å². The molecule has 0 aliphatic carbocycles. The van der Waals surface area contributed by atoms with Gasteiger partial charge in [0.25, 0.3) is 0 Å². The van der Waals surface area contributed by atoms with Gasteiger partial charge < -0.3 is 24.3 Å². The molecule has 1 aliphatic rings. The first-order valence-electron chi connectivity index (χ1n) is 10.1. The van der Waals surface area contributed by atoms with Gasteiger partial charge in [-0.2, -0.15) is 0 Å². The van der Waals surface area contributed by atoms with Crippen molar-refractivity contribution in [3.63, 3.8) is 0 Å². The number of amides is 2. The standard InChI is InChI=1S/C21H24BrN5O3/c1-2-30-19(28)7-8-23-21(29)26-12-10-25(11-13-26)20-18-4-3-9-27(18)17-6-5-15(22)14-16(17)24-20/h3-6,9,14H,2,7-8,10-13H2,1H3,(H,23,29). The maximum atomic E-state index is 12.4. The second kappa shape index (κ2) is 8.91. The lowest BCUT2D eigenvalue weighted by atomic mass is 10.2. The molecule has 2 amide bonds. The molecule has 1 saturated heterocycles. The number of carbonyl (C=O) groups excluding carboxylic acids is 2. The molecule has 1 aliphatic heterocycles. The molecule has 158 valence electrons. The maximum Gasteiger partial charge on any atom is 0.317 e. The lowest BCUT2D eigenvalue weighted by molar-refractivity contribution is -0.142. The summed E-state index contributed by atoms with van der Waals surface area (Å²) in [5.41, 5.74) is 3.03. The van der Waals surface area contributed by atoms with Gasteiger partial charge in [0.15, 0.2) is 5.82 Å². The number of halogens is 1. The molecule has 0 spiro atoms. The van der Waals surface area contributed by atoms with Crippen molar-refractivity contribution in [3.8, 4) is 0 Å². The zero-order chi connectivity index (χ0) is 21.1. The van der Waals surface area contributed by atoms with Gasteiger partial charge in [-0.1, -0.05) is 15.9 Å². The van der Waals surface area contributed by atoms with E-state index in [4.69, 9.17) is 9.72 Å². The van der Waals surface area contributed by atoms with E-state index in [1.165, 1.54) is 0 Å². The molecule has 0 saturated carbocycles. The van der Waals surface area contributed by atoms with Crippen molar-refractivity contribution < 1.29 is 14.3 Å². The maximum absolute atomic E-state index is 12.4. The molecule has 4 rings (SSSR count). The zero-order valence-corrected chi connectivity index (χ0v) is 18.4. The summed E-state index contributed by atoms with van der Waals surface area (Å²) in [4.78, 5) is 32.7. The van der Waals surface area contributed by atoms with Gasteiger partial charge in [0.2, 0.25) is 0 Å². The van der Waals surface area contributed by atoms with E-state index in [2.05, 4.69) is 42.7 Å². The fourth-order valence-corrected chi connectivity index (χ4v) is 4.05. The third kappa shape index (κ3) is 4.21. The SMILES string of the molecule is CCOC(=O)CCNC(=O)N1CCN(c2nc3cc(Br)ccc3n3cccc23)CC1. The molecule has 30 heavy (non-hydrogen) atoms. The summed E-state index contributed by atoms with van der Waals surface area (Å²) in [6.07, 6.45) is 2.23. The lowest BCUT2D eigenvalue weighted by Gasteiger charge is -2.35. The zero-order valence-electron chi connectivity index (χ0n) is 16.8. The smallest absolute Gasteiger partial charge is 0.317 e. The number of fused-ring (bicyclic) bond motifs is 3. The van der Waals surface area contributed by atoms with E-state index in [0.717, 1.165) is 26.8 Å². The first-order valence-corrected chi connectivity index (χ1v) is 10.9. The average Bonchev–Trinajstić information content (AvgIpc) is 3.23. The lowest BCUT2D eigenvalue weighted by Crippen LogP contribution is -2.52. The third-order valence-electron chi connectivity index (χ3n) is 5.18. The van der Waals surface area contributed by atoms with Crippen LogP contribution >= 0.6 is 15.9 Å². The third-order valence-corrected chi connectivity index (χ3v) is 5.67.